The molecule has 2 aromatic carbocycles. The summed E-state index contributed by atoms with van der Waals surface area (Å²) in [5.74, 6) is -1.50. The van der Waals surface area contributed by atoms with Crippen LogP contribution in [-0.4, -0.2) is 46.2 Å². The van der Waals surface area contributed by atoms with Crippen LogP contribution in [0.2, 0.25) is 0 Å². The van der Waals surface area contributed by atoms with Crippen LogP contribution in [0.5, 0.6) is 5.75 Å². The Bertz CT molecular complexity index is 1650. The van der Waals surface area contributed by atoms with E-state index in [1.165, 1.54) is 18.2 Å². The first kappa shape index (κ1) is 25.8. The number of aromatic hydroxyl groups is 1. The lowest BCUT2D eigenvalue weighted by molar-refractivity contribution is -0.137. The summed E-state index contributed by atoms with van der Waals surface area (Å²) in [6.07, 6.45) is -3.07. The number of carbonyl (C=O) groups excluding carboxylic acids is 1. The number of Topliss-reactive ketones (excluding diaryl/α,β-unsaturated/α-hetero) is 1. The van der Waals surface area contributed by atoms with Crippen molar-refractivity contribution < 1.29 is 40.3 Å². The number of aryl methyl sites for hydroxylation is 1. The fourth-order valence-corrected chi connectivity index (χ4v) is 5.84. The van der Waals surface area contributed by atoms with Crippen molar-refractivity contribution in [3.05, 3.63) is 71.9 Å². The van der Waals surface area contributed by atoms with Crippen molar-refractivity contribution in [3.63, 3.8) is 0 Å². The molecule has 8 nitrogen and oxygen atoms in total. The van der Waals surface area contributed by atoms with E-state index in [9.17, 15) is 35.9 Å². The van der Waals surface area contributed by atoms with Crippen molar-refractivity contribution in [1.82, 2.24) is 14.3 Å². The van der Waals surface area contributed by atoms with Crippen molar-refractivity contribution in [2.45, 2.75) is 36.6 Å². The standard InChI is InChI=1S/C25H19F4N3O5S/c26-16-2-6-23-14(9-16)10-24(37-23)38(35,36)32-8-7-20(32)21(33)5-3-17-12-19(31-13-30-17)18-4-1-15(11-22(18)34)25(27,28)29/h1-2,4,6,9-13,20,34H,3,5,7-8H2. The van der Waals surface area contributed by atoms with E-state index in [2.05, 4.69) is 9.97 Å². The van der Waals surface area contributed by atoms with Gasteiger partial charge < -0.3 is 9.52 Å². The summed E-state index contributed by atoms with van der Waals surface area (Å²) in [5.41, 5.74) is -0.186. The maximum absolute atomic E-state index is 13.5. The molecule has 38 heavy (non-hydrogen) atoms. The molecule has 3 heterocycles. The lowest BCUT2D eigenvalue weighted by Gasteiger charge is -2.37. The van der Waals surface area contributed by atoms with E-state index < -0.39 is 39.4 Å². The lowest BCUT2D eigenvalue weighted by atomic mass is 9.98. The van der Waals surface area contributed by atoms with Crippen LogP contribution in [-0.2, 0) is 27.4 Å². The number of carbonyl (C=O) groups is 1. The van der Waals surface area contributed by atoms with Crippen molar-refractivity contribution in [2.24, 2.45) is 0 Å². The van der Waals surface area contributed by atoms with Gasteiger partial charge in [-0.3, -0.25) is 4.79 Å². The monoisotopic (exact) mass is 549 g/mol. The predicted octanol–water partition coefficient (Wildman–Crippen LogP) is 4.72. The van der Waals surface area contributed by atoms with E-state index in [0.717, 1.165) is 34.9 Å². The molecule has 1 aliphatic heterocycles. The SMILES string of the molecule is O=C(CCc1cc(-c2ccc(C(F)(F)F)cc2O)ncn1)C1CCN1S(=O)(=O)c1cc2cc(F)ccc2o1. The average molecular weight is 550 g/mol. The maximum atomic E-state index is 13.5. The Hall–Kier alpha value is -3.84. The molecule has 1 unspecified atom stereocenters. The first-order chi connectivity index (χ1) is 17.9. The lowest BCUT2D eigenvalue weighted by Crippen LogP contribution is -2.54. The number of phenolic OH excluding ortho intramolecular Hbond substituents is 1. The van der Waals surface area contributed by atoms with Gasteiger partial charge in [-0.15, -0.1) is 0 Å². The highest BCUT2D eigenvalue weighted by atomic mass is 32.2. The minimum absolute atomic E-state index is 0.0581. The van der Waals surface area contributed by atoms with Gasteiger partial charge in [-0.1, -0.05) is 0 Å². The summed E-state index contributed by atoms with van der Waals surface area (Å²) in [7, 11) is -4.13. The number of furan rings is 1. The van der Waals surface area contributed by atoms with Gasteiger partial charge in [-0.2, -0.15) is 17.5 Å². The van der Waals surface area contributed by atoms with Crippen LogP contribution in [0.1, 0.15) is 24.1 Å². The largest absolute Gasteiger partial charge is 0.507 e. The number of hydrogen-bond donors (Lipinski definition) is 1. The Kier molecular flexibility index (Phi) is 6.43. The molecule has 1 N–H and O–H groups in total. The summed E-state index contributed by atoms with van der Waals surface area (Å²) in [5, 5.41) is 9.99. The average Bonchev–Trinajstić information content (AvgIpc) is 3.25. The first-order valence-corrected chi connectivity index (χ1v) is 12.8. The molecule has 198 valence electrons. The molecule has 5 rings (SSSR count). The maximum Gasteiger partial charge on any atom is 0.416 e. The van der Waals surface area contributed by atoms with Gasteiger partial charge in [-0.25, -0.2) is 22.8 Å². The van der Waals surface area contributed by atoms with E-state index in [-0.39, 0.29) is 52.5 Å². The zero-order valence-corrected chi connectivity index (χ0v) is 20.3. The fourth-order valence-electron chi connectivity index (χ4n) is 4.23. The number of sulfonamides is 1. The van der Waals surface area contributed by atoms with Crippen LogP contribution in [0.25, 0.3) is 22.2 Å². The first-order valence-electron chi connectivity index (χ1n) is 11.4. The smallest absolute Gasteiger partial charge is 0.416 e. The Morgan fingerprint density at radius 3 is 2.58 bits per heavy atom. The number of hydrogen-bond acceptors (Lipinski definition) is 7. The molecule has 0 bridgehead atoms. The molecule has 4 aromatic rings. The van der Waals surface area contributed by atoms with Crippen LogP contribution < -0.4 is 0 Å². The Labute approximate surface area is 213 Å². The molecular formula is C25H19F4N3O5S. The van der Waals surface area contributed by atoms with E-state index in [1.54, 1.807) is 0 Å². The second-order valence-electron chi connectivity index (χ2n) is 8.76. The summed E-state index contributed by atoms with van der Waals surface area (Å²) < 4.78 is 84.6. The third-order valence-corrected chi connectivity index (χ3v) is 8.08. The van der Waals surface area contributed by atoms with Gasteiger partial charge >= 0.3 is 6.18 Å². The molecule has 1 aliphatic rings. The van der Waals surface area contributed by atoms with E-state index >= 15 is 0 Å². The molecule has 0 aliphatic carbocycles. The van der Waals surface area contributed by atoms with Gasteiger partial charge in [0.25, 0.3) is 10.0 Å². The molecule has 0 amide bonds. The quantitative estimate of drug-likeness (QED) is 0.332. The minimum atomic E-state index is -4.61. The van der Waals surface area contributed by atoms with Gasteiger partial charge in [0, 0.05) is 35.7 Å². The number of fused-ring (bicyclic) bond motifs is 1. The summed E-state index contributed by atoms with van der Waals surface area (Å²) in [4.78, 5) is 20.9. The Morgan fingerprint density at radius 1 is 1.11 bits per heavy atom. The molecule has 0 radical (unpaired) electrons. The van der Waals surface area contributed by atoms with E-state index in [0.29, 0.717) is 18.2 Å². The highest BCUT2D eigenvalue weighted by Gasteiger charge is 2.43. The van der Waals surface area contributed by atoms with Crippen molar-refractivity contribution in [3.8, 4) is 17.0 Å². The Morgan fingerprint density at radius 2 is 1.89 bits per heavy atom. The number of rotatable bonds is 7. The second-order valence-corrected chi connectivity index (χ2v) is 10.6. The number of halogens is 4. The molecule has 1 fully saturated rings. The third kappa shape index (κ3) is 4.86. The zero-order chi connectivity index (χ0) is 27.2. The minimum Gasteiger partial charge on any atom is -0.507 e. The van der Waals surface area contributed by atoms with Gasteiger partial charge in [-0.05, 0) is 55.3 Å². The number of benzene rings is 2. The van der Waals surface area contributed by atoms with Crippen LogP contribution >= 0.6 is 0 Å². The zero-order valence-electron chi connectivity index (χ0n) is 19.4. The number of alkyl halides is 3. The van der Waals surface area contributed by atoms with Gasteiger partial charge in [0.15, 0.2) is 5.78 Å². The second kappa shape index (κ2) is 9.48. The molecule has 1 saturated heterocycles. The predicted molar refractivity (Wildman–Crippen MR) is 126 cm³/mol. The van der Waals surface area contributed by atoms with Crippen molar-refractivity contribution in [2.75, 3.05) is 6.54 Å². The number of ketones is 1. The number of nitrogens with zero attached hydrogens (tertiary/aromatic N) is 3. The third-order valence-electron chi connectivity index (χ3n) is 6.31. The molecule has 1 atom stereocenters. The van der Waals surface area contributed by atoms with Gasteiger partial charge in [0.1, 0.15) is 23.5 Å². The van der Waals surface area contributed by atoms with Crippen molar-refractivity contribution >= 4 is 26.8 Å². The molecule has 13 heteroatoms. The van der Waals surface area contributed by atoms with Gasteiger partial charge in [0.05, 0.1) is 17.3 Å². The van der Waals surface area contributed by atoms with E-state index in [4.69, 9.17) is 4.42 Å². The number of aromatic nitrogens is 2. The highest BCUT2D eigenvalue weighted by molar-refractivity contribution is 7.89. The van der Waals surface area contributed by atoms with E-state index in [1.807, 2.05) is 0 Å². The van der Waals surface area contributed by atoms with Crippen LogP contribution in [0.15, 0.2) is 64.4 Å². The summed E-state index contributed by atoms with van der Waals surface area (Å²) >= 11 is 0. The molecular weight excluding hydrogens is 530 g/mol. The fraction of sp³-hybridized carbons (Fsp3) is 0.240. The summed E-state index contributed by atoms with van der Waals surface area (Å²) in [6.45, 7) is 0.120. The van der Waals surface area contributed by atoms with Crippen LogP contribution in [0.4, 0.5) is 17.6 Å². The number of phenols is 1. The van der Waals surface area contributed by atoms with Gasteiger partial charge in [0.2, 0.25) is 5.09 Å². The van der Waals surface area contributed by atoms with Crippen LogP contribution in [0.3, 0.4) is 0 Å². The van der Waals surface area contributed by atoms with Crippen molar-refractivity contribution in [1.29, 1.82) is 0 Å². The Balaban J connectivity index is 1.27. The van der Waals surface area contributed by atoms with Crippen LogP contribution in [0, 0.1) is 5.82 Å². The molecule has 0 spiro atoms. The normalized spacial score (nSPS) is 16.5. The highest BCUT2D eigenvalue weighted by Crippen LogP contribution is 2.36. The summed E-state index contributed by atoms with van der Waals surface area (Å²) in [6, 6.07) is 7.90. The topological polar surface area (TPSA) is 114 Å². The molecule has 0 saturated carbocycles. The molecule has 2 aromatic heterocycles.